The molecular weight excluding hydrogens is 226 g/mol. The smallest absolute Gasteiger partial charge is 0.151 e. The Bertz CT molecular complexity index is 358. The van der Waals surface area contributed by atoms with Crippen molar-refractivity contribution in [2.24, 2.45) is 5.92 Å². The largest absolute Gasteiger partial charge is 0.360 e. The van der Waals surface area contributed by atoms with E-state index in [9.17, 15) is 0 Å². The number of aromatic nitrogens is 1. The van der Waals surface area contributed by atoms with Crippen LogP contribution in [0, 0.1) is 5.92 Å². The van der Waals surface area contributed by atoms with Crippen LogP contribution in [0.2, 0.25) is 0 Å². The predicted molar refractivity (Wildman–Crippen MR) is 72.2 cm³/mol. The van der Waals surface area contributed by atoms with Crippen molar-refractivity contribution in [3.05, 3.63) is 17.5 Å². The van der Waals surface area contributed by atoms with Crippen molar-refractivity contribution in [3.8, 4) is 0 Å². The second-order valence-corrected chi connectivity index (χ2v) is 5.66. The number of hydrogen-bond donors (Lipinski definition) is 1. The fourth-order valence-electron chi connectivity index (χ4n) is 2.09. The van der Waals surface area contributed by atoms with Crippen LogP contribution >= 0.6 is 0 Å². The number of rotatable bonds is 8. The lowest BCUT2D eigenvalue weighted by molar-refractivity contribution is 0.218. The van der Waals surface area contributed by atoms with E-state index in [1.165, 1.54) is 12.8 Å². The Labute approximate surface area is 110 Å². The van der Waals surface area contributed by atoms with E-state index in [1.54, 1.807) is 0 Å². The zero-order valence-electron chi connectivity index (χ0n) is 11.8. The van der Waals surface area contributed by atoms with Gasteiger partial charge in [0.2, 0.25) is 0 Å². The van der Waals surface area contributed by atoms with E-state index in [-0.39, 0.29) is 0 Å². The van der Waals surface area contributed by atoms with E-state index in [1.807, 2.05) is 0 Å². The minimum atomic E-state index is 0.684. The quantitative estimate of drug-likeness (QED) is 0.770. The third kappa shape index (κ3) is 4.42. The standard InChI is InChI=1S/C14H25N3O/c1-4-17(9-11(2)3)10-14-7-13(16-18-14)8-15-12-5-6-12/h7,11-12,15H,4-6,8-10H2,1-3H3. The number of nitrogens with zero attached hydrogens (tertiary/aromatic N) is 2. The van der Waals surface area contributed by atoms with Crippen LogP contribution in [-0.4, -0.2) is 29.2 Å². The molecule has 0 aliphatic heterocycles. The van der Waals surface area contributed by atoms with Crippen LogP contribution < -0.4 is 5.32 Å². The molecule has 1 aliphatic rings. The van der Waals surface area contributed by atoms with Crippen LogP contribution in [0.3, 0.4) is 0 Å². The Morgan fingerprint density at radius 2 is 2.28 bits per heavy atom. The maximum Gasteiger partial charge on any atom is 0.151 e. The second-order valence-electron chi connectivity index (χ2n) is 5.66. The Kier molecular flexibility index (Phi) is 4.78. The van der Waals surface area contributed by atoms with Crippen LogP contribution in [0.25, 0.3) is 0 Å². The molecule has 0 aromatic carbocycles. The van der Waals surface area contributed by atoms with E-state index in [0.29, 0.717) is 5.92 Å². The highest BCUT2D eigenvalue weighted by atomic mass is 16.5. The lowest BCUT2D eigenvalue weighted by Gasteiger charge is -2.20. The summed E-state index contributed by atoms with van der Waals surface area (Å²) in [4.78, 5) is 2.39. The van der Waals surface area contributed by atoms with Gasteiger partial charge in [-0.15, -0.1) is 0 Å². The van der Waals surface area contributed by atoms with E-state index in [4.69, 9.17) is 4.52 Å². The molecule has 1 saturated carbocycles. The maximum atomic E-state index is 5.40. The zero-order valence-corrected chi connectivity index (χ0v) is 11.8. The molecule has 0 unspecified atom stereocenters. The van der Waals surface area contributed by atoms with E-state index in [2.05, 4.69) is 42.2 Å². The highest BCUT2D eigenvalue weighted by Crippen LogP contribution is 2.19. The summed E-state index contributed by atoms with van der Waals surface area (Å²) < 4.78 is 5.40. The monoisotopic (exact) mass is 251 g/mol. The van der Waals surface area contributed by atoms with Gasteiger partial charge in [0.25, 0.3) is 0 Å². The fraction of sp³-hybridized carbons (Fsp3) is 0.786. The Hall–Kier alpha value is -0.870. The molecular formula is C14H25N3O. The SMILES string of the molecule is CCN(Cc1cc(CNC2CC2)no1)CC(C)C. The molecule has 1 N–H and O–H groups in total. The summed E-state index contributed by atoms with van der Waals surface area (Å²) in [6, 6.07) is 2.80. The molecule has 4 heteroatoms. The first kappa shape index (κ1) is 13.6. The molecule has 102 valence electrons. The summed E-state index contributed by atoms with van der Waals surface area (Å²) in [5, 5.41) is 7.57. The van der Waals surface area contributed by atoms with Gasteiger partial charge >= 0.3 is 0 Å². The van der Waals surface area contributed by atoms with Gasteiger partial charge < -0.3 is 9.84 Å². The van der Waals surface area contributed by atoms with E-state index >= 15 is 0 Å². The maximum absolute atomic E-state index is 5.40. The summed E-state index contributed by atoms with van der Waals surface area (Å²) in [5.74, 6) is 1.66. The Morgan fingerprint density at radius 3 is 2.89 bits per heavy atom. The minimum absolute atomic E-state index is 0.684. The van der Waals surface area contributed by atoms with Gasteiger partial charge in [-0.1, -0.05) is 25.9 Å². The van der Waals surface area contributed by atoms with Gasteiger partial charge in [-0.05, 0) is 25.3 Å². The minimum Gasteiger partial charge on any atom is -0.360 e. The molecule has 0 radical (unpaired) electrons. The van der Waals surface area contributed by atoms with Crippen molar-refractivity contribution in [2.45, 2.75) is 52.7 Å². The van der Waals surface area contributed by atoms with E-state index in [0.717, 1.165) is 43.7 Å². The molecule has 1 aromatic rings. The summed E-state index contributed by atoms with van der Waals surface area (Å²) >= 11 is 0. The van der Waals surface area contributed by atoms with Crippen LogP contribution in [0.1, 0.15) is 45.1 Å². The summed E-state index contributed by atoms with van der Waals surface area (Å²) in [6.45, 7) is 10.5. The highest BCUT2D eigenvalue weighted by Gasteiger charge is 2.20. The Balaban J connectivity index is 1.80. The zero-order chi connectivity index (χ0) is 13.0. The molecule has 1 heterocycles. The molecule has 2 rings (SSSR count). The molecule has 0 spiro atoms. The van der Waals surface area contributed by atoms with Crippen molar-refractivity contribution in [2.75, 3.05) is 13.1 Å². The van der Waals surface area contributed by atoms with Gasteiger partial charge in [0, 0.05) is 25.2 Å². The predicted octanol–water partition coefficient (Wildman–Crippen LogP) is 2.40. The average Bonchev–Trinajstić information content (AvgIpc) is 3.06. The summed E-state index contributed by atoms with van der Waals surface area (Å²) in [5.41, 5.74) is 1.03. The van der Waals surface area contributed by atoms with Crippen molar-refractivity contribution >= 4 is 0 Å². The fourth-order valence-corrected chi connectivity index (χ4v) is 2.09. The molecule has 0 atom stereocenters. The van der Waals surface area contributed by atoms with Gasteiger partial charge in [-0.2, -0.15) is 0 Å². The third-order valence-corrected chi connectivity index (χ3v) is 3.21. The van der Waals surface area contributed by atoms with Crippen LogP contribution in [-0.2, 0) is 13.1 Å². The first-order valence-electron chi connectivity index (χ1n) is 7.07. The van der Waals surface area contributed by atoms with Gasteiger partial charge in [0.1, 0.15) is 0 Å². The average molecular weight is 251 g/mol. The highest BCUT2D eigenvalue weighted by molar-refractivity contribution is 5.05. The topological polar surface area (TPSA) is 41.3 Å². The molecule has 0 amide bonds. The van der Waals surface area contributed by atoms with Crippen LogP contribution in [0.5, 0.6) is 0 Å². The number of nitrogens with one attached hydrogen (secondary N) is 1. The van der Waals surface area contributed by atoms with Crippen molar-refractivity contribution in [1.82, 2.24) is 15.4 Å². The van der Waals surface area contributed by atoms with Gasteiger partial charge in [0.15, 0.2) is 5.76 Å². The van der Waals surface area contributed by atoms with E-state index < -0.39 is 0 Å². The van der Waals surface area contributed by atoms with Crippen LogP contribution in [0.4, 0.5) is 0 Å². The molecule has 1 aliphatic carbocycles. The van der Waals surface area contributed by atoms with Gasteiger partial charge in [-0.3, -0.25) is 4.90 Å². The third-order valence-electron chi connectivity index (χ3n) is 3.21. The number of hydrogen-bond acceptors (Lipinski definition) is 4. The van der Waals surface area contributed by atoms with Crippen molar-refractivity contribution in [1.29, 1.82) is 0 Å². The van der Waals surface area contributed by atoms with Gasteiger partial charge in [0.05, 0.1) is 12.2 Å². The lowest BCUT2D eigenvalue weighted by Crippen LogP contribution is -2.26. The normalized spacial score (nSPS) is 15.8. The molecule has 0 bridgehead atoms. The first-order chi connectivity index (χ1) is 8.67. The Morgan fingerprint density at radius 1 is 1.50 bits per heavy atom. The molecule has 1 aromatic heterocycles. The van der Waals surface area contributed by atoms with Crippen LogP contribution in [0.15, 0.2) is 10.6 Å². The van der Waals surface area contributed by atoms with Crippen molar-refractivity contribution in [3.63, 3.8) is 0 Å². The van der Waals surface area contributed by atoms with Crippen molar-refractivity contribution < 1.29 is 4.52 Å². The summed E-state index contributed by atoms with van der Waals surface area (Å²) in [6.07, 6.45) is 2.62. The summed E-state index contributed by atoms with van der Waals surface area (Å²) in [7, 11) is 0. The lowest BCUT2D eigenvalue weighted by atomic mass is 10.2. The second kappa shape index (κ2) is 6.34. The van der Waals surface area contributed by atoms with Gasteiger partial charge in [-0.25, -0.2) is 0 Å². The first-order valence-corrected chi connectivity index (χ1v) is 7.07. The molecule has 0 saturated heterocycles. The molecule has 1 fully saturated rings. The molecule has 18 heavy (non-hydrogen) atoms. The molecule has 4 nitrogen and oxygen atoms in total.